The molecule has 0 fully saturated rings. The molecule has 0 unspecified atom stereocenters. The molecule has 0 aliphatic carbocycles. The van der Waals surface area contributed by atoms with Crippen LogP contribution in [0.25, 0.3) is 11.5 Å². The molecule has 1 N–H and O–H groups in total. The van der Waals surface area contributed by atoms with Gasteiger partial charge in [-0.1, -0.05) is 0 Å². The third-order valence-corrected chi connectivity index (χ3v) is 3.32. The molecule has 0 aliphatic heterocycles. The van der Waals surface area contributed by atoms with Gasteiger partial charge in [-0.05, 0) is 53.9 Å². The first-order valence-electron chi connectivity index (χ1n) is 5.46. The summed E-state index contributed by atoms with van der Waals surface area (Å²) in [4.78, 5) is 0. The topological polar surface area (TPSA) is 51.0 Å². The number of halogens is 1. The molecule has 17 heavy (non-hydrogen) atoms. The Kier molecular flexibility index (Phi) is 3.47. The fourth-order valence-electron chi connectivity index (χ4n) is 1.62. The van der Waals surface area contributed by atoms with E-state index < -0.39 is 0 Å². The van der Waals surface area contributed by atoms with Gasteiger partial charge in [0.25, 0.3) is 0 Å². The minimum absolute atomic E-state index is 0.723. The molecule has 90 valence electrons. The van der Waals surface area contributed by atoms with Crippen molar-refractivity contribution in [2.24, 2.45) is 0 Å². The Morgan fingerprint density at radius 3 is 2.65 bits per heavy atom. The molecule has 0 bridgehead atoms. The first-order valence-corrected chi connectivity index (χ1v) is 6.25. The van der Waals surface area contributed by atoms with Crippen LogP contribution in [0.5, 0.6) is 0 Å². The summed E-state index contributed by atoms with van der Waals surface area (Å²) in [5, 5.41) is 11.6. The predicted molar refractivity (Wildman–Crippen MR) is 71.1 cm³/mol. The minimum Gasteiger partial charge on any atom is -0.461 e. The van der Waals surface area contributed by atoms with Crippen LogP contribution >= 0.6 is 15.9 Å². The molecule has 0 aliphatic rings. The second kappa shape index (κ2) is 4.87. The van der Waals surface area contributed by atoms with E-state index in [0.29, 0.717) is 0 Å². The van der Waals surface area contributed by atoms with Crippen LogP contribution in [0.1, 0.15) is 18.1 Å². The maximum Gasteiger partial charge on any atom is 0.168 e. The molecule has 0 atom stereocenters. The lowest BCUT2D eigenvalue weighted by molar-refractivity contribution is 0.577. The zero-order valence-corrected chi connectivity index (χ0v) is 11.6. The lowest BCUT2D eigenvalue weighted by Gasteiger charge is -2.10. The maximum absolute atomic E-state index is 5.42. The average molecular weight is 296 g/mol. The molecule has 2 aromatic rings. The van der Waals surface area contributed by atoms with Gasteiger partial charge in [-0.15, -0.1) is 10.2 Å². The normalized spacial score (nSPS) is 10.6. The molecule has 2 rings (SSSR count). The summed E-state index contributed by atoms with van der Waals surface area (Å²) >= 11 is 3.43. The number of nitrogens with one attached hydrogen (secondary N) is 1. The van der Waals surface area contributed by atoms with Crippen LogP contribution in [-0.4, -0.2) is 16.7 Å². The Balaban J connectivity index is 2.51. The van der Waals surface area contributed by atoms with Crippen LogP contribution in [0.15, 0.2) is 21.2 Å². The van der Waals surface area contributed by atoms with Gasteiger partial charge in [0.2, 0.25) is 0 Å². The van der Waals surface area contributed by atoms with Gasteiger partial charge in [-0.3, -0.25) is 0 Å². The van der Waals surface area contributed by atoms with E-state index in [1.807, 2.05) is 26.8 Å². The van der Waals surface area contributed by atoms with Gasteiger partial charge in [-0.25, -0.2) is 0 Å². The summed E-state index contributed by atoms with van der Waals surface area (Å²) < 4.78 is 6.31. The maximum atomic E-state index is 5.42. The average Bonchev–Trinajstić information content (AvgIpc) is 2.72. The largest absolute Gasteiger partial charge is 0.461 e. The van der Waals surface area contributed by atoms with Gasteiger partial charge in [0.05, 0.1) is 10.7 Å². The van der Waals surface area contributed by atoms with Crippen LogP contribution in [0, 0.1) is 13.8 Å². The highest BCUT2D eigenvalue weighted by Gasteiger charge is 2.15. The van der Waals surface area contributed by atoms with Gasteiger partial charge < -0.3 is 9.73 Å². The fraction of sp³-hybridized carbons (Fsp3) is 0.333. The molecule has 0 saturated carbocycles. The summed E-state index contributed by atoms with van der Waals surface area (Å²) in [6, 6.07) is 1.85. The summed E-state index contributed by atoms with van der Waals surface area (Å²) in [7, 11) is 0. The van der Waals surface area contributed by atoms with Crippen molar-refractivity contribution in [1.29, 1.82) is 0 Å². The Hall–Kier alpha value is -1.36. The Labute approximate surface area is 109 Å². The monoisotopic (exact) mass is 295 g/mol. The van der Waals surface area contributed by atoms with Crippen LogP contribution in [0.2, 0.25) is 0 Å². The SMILES string of the molecule is CCNc1nnc(-c2occc2Br)c(C)c1C. The molecular formula is C12H14BrN3O. The molecule has 0 amide bonds. The van der Waals surface area contributed by atoms with Crippen molar-refractivity contribution in [1.82, 2.24) is 10.2 Å². The fourth-order valence-corrected chi connectivity index (χ4v) is 2.01. The Morgan fingerprint density at radius 1 is 1.29 bits per heavy atom. The van der Waals surface area contributed by atoms with Gasteiger partial charge >= 0.3 is 0 Å². The lowest BCUT2D eigenvalue weighted by Crippen LogP contribution is -2.06. The van der Waals surface area contributed by atoms with Gasteiger partial charge in [0.1, 0.15) is 5.69 Å². The third-order valence-electron chi connectivity index (χ3n) is 2.70. The van der Waals surface area contributed by atoms with E-state index in [1.54, 1.807) is 6.26 Å². The number of nitrogens with zero attached hydrogens (tertiary/aromatic N) is 2. The number of hydrogen-bond acceptors (Lipinski definition) is 4. The second-order valence-electron chi connectivity index (χ2n) is 3.78. The summed E-state index contributed by atoms with van der Waals surface area (Å²) in [5.74, 6) is 1.55. The van der Waals surface area contributed by atoms with E-state index in [1.165, 1.54) is 0 Å². The van der Waals surface area contributed by atoms with E-state index in [9.17, 15) is 0 Å². The van der Waals surface area contributed by atoms with E-state index in [4.69, 9.17) is 4.42 Å². The van der Waals surface area contributed by atoms with Crippen molar-refractivity contribution in [2.75, 3.05) is 11.9 Å². The molecule has 0 radical (unpaired) electrons. The summed E-state index contributed by atoms with van der Waals surface area (Å²) in [6.07, 6.45) is 1.63. The Morgan fingerprint density at radius 2 is 2.06 bits per heavy atom. The first kappa shape index (κ1) is 12.1. The van der Waals surface area contributed by atoms with Crippen molar-refractivity contribution in [2.45, 2.75) is 20.8 Å². The lowest BCUT2D eigenvalue weighted by atomic mass is 10.1. The van der Waals surface area contributed by atoms with E-state index in [-0.39, 0.29) is 0 Å². The van der Waals surface area contributed by atoms with Crippen LogP contribution < -0.4 is 5.32 Å². The highest BCUT2D eigenvalue weighted by Crippen LogP contribution is 2.31. The zero-order chi connectivity index (χ0) is 12.4. The summed E-state index contributed by atoms with van der Waals surface area (Å²) in [6.45, 7) is 6.92. The van der Waals surface area contributed by atoms with E-state index in [0.717, 1.165) is 39.4 Å². The predicted octanol–water partition coefficient (Wildman–Crippen LogP) is 3.55. The molecule has 0 spiro atoms. The molecule has 5 heteroatoms. The molecule has 0 aromatic carbocycles. The zero-order valence-electron chi connectivity index (χ0n) is 10.0. The number of furan rings is 1. The third kappa shape index (κ3) is 2.20. The standard InChI is InChI=1S/C12H14BrN3O/c1-4-14-12-8(3)7(2)10(15-16-12)11-9(13)5-6-17-11/h5-6H,4H2,1-3H3,(H,14,16). The van der Waals surface area contributed by atoms with Crippen LogP contribution in [-0.2, 0) is 0 Å². The molecular weight excluding hydrogens is 282 g/mol. The highest BCUT2D eigenvalue weighted by molar-refractivity contribution is 9.10. The number of anilines is 1. The smallest absolute Gasteiger partial charge is 0.168 e. The number of hydrogen-bond donors (Lipinski definition) is 1. The highest BCUT2D eigenvalue weighted by atomic mass is 79.9. The van der Waals surface area contributed by atoms with Crippen LogP contribution in [0.4, 0.5) is 5.82 Å². The van der Waals surface area contributed by atoms with Crippen LogP contribution in [0.3, 0.4) is 0 Å². The molecule has 0 saturated heterocycles. The first-order chi connectivity index (χ1) is 8.15. The molecule has 4 nitrogen and oxygen atoms in total. The summed E-state index contributed by atoms with van der Waals surface area (Å²) in [5.41, 5.74) is 2.95. The van der Waals surface area contributed by atoms with Crippen molar-refractivity contribution in [3.8, 4) is 11.5 Å². The van der Waals surface area contributed by atoms with Gasteiger partial charge in [-0.2, -0.15) is 0 Å². The second-order valence-corrected chi connectivity index (χ2v) is 4.63. The Bertz CT molecular complexity index is 537. The number of rotatable bonds is 3. The van der Waals surface area contributed by atoms with E-state index >= 15 is 0 Å². The van der Waals surface area contributed by atoms with Crippen molar-refractivity contribution >= 4 is 21.7 Å². The van der Waals surface area contributed by atoms with Gasteiger partial charge in [0, 0.05) is 6.54 Å². The van der Waals surface area contributed by atoms with E-state index in [2.05, 4.69) is 31.4 Å². The molecule has 2 aromatic heterocycles. The molecule has 2 heterocycles. The minimum atomic E-state index is 0.723. The van der Waals surface area contributed by atoms with Crippen molar-refractivity contribution in [3.63, 3.8) is 0 Å². The van der Waals surface area contributed by atoms with Crippen molar-refractivity contribution in [3.05, 3.63) is 27.9 Å². The van der Waals surface area contributed by atoms with Gasteiger partial charge in [0.15, 0.2) is 11.6 Å². The van der Waals surface area contributed by atoms with Crippen molar-refractivity contribution < 1.29 is 4.42 Å². The quantitative estimate of drug-likeness (QED) is 0.941. The number of aromatic nitrogens is 2.